The van der Waals surface area contributed by atoms with Crippen LogP contribution in [0.5, 0.6) is 0 Å². The minimum Gasteiger partial charge on any atom is -0.853 e. The van der Waals surface area contributed by atoms with Crippen LogP contribution in [0.2, 0.25) is 0 Å². The first-order chi connectivity index (χ1) is 6.33. The third-order valence-corrected chi connectivity index (χ3v) is 2.38. The van der Waals surface area contributed by atoms with Crippen LogP contribution in [-0.2, 0) is 4.74 Å². The second kappa shape index (κ2) is 6.32. The number of ether oxygens (including phenoxy) is 1. The molecule has 0 aromatic heterocycles. The van der Waals surface area contributed by atoms with Gasteiger partial charge in [-0.25, -0.2) is 0 Å². The molecule has 0 aliphatic carbocycles. The van der Waals surface area contributed by atoms with Gasteiger partial charge >= 0.3 is 0 Å². The molecule has 1 heterocycles. The van der Waals surface area contributed by atoms with Crippen LogP contribution in [0.25, 0.3) is 0 Å². The van der Waals surface area contributed by atoms with Gasteiger partial charge in [-0.2, -0.15) is 0 Å². The van der Waals surface area contributed by atoms with Gasteiger partial charge in [0.1, 0.15) is 0 Å². The summed E-state index contributed by atoms with van der Waals surface area (Å²) in [6.07, 6.45) is 0. The molecule has 0 aromatic rings. The van der Waals surface area contributed by atoms with Gasteiger partial charge < -0.3 is 14.7 Å². The summed E-state index contributed by atoms with van der Waals surface area (Å²) in [6, 6.07) is 0. The second-order valence-electron chi connectivity index (χ2n) is 3.46. The van der Waals surface area contributed by atoms with Crippen molar-refractivity contribution in [1.29, 1.82) is 0 Å². The Hall–Kier alpha value is -0.160. The van der Waals surface area contributed by atoms with Crippen molar-refractivity contribution in [3.05, 3.63) is 0 Å². The molecule has 0 spiro atoms. The van der Waals surface area contributed by atoms with E-state index in [1.807, 2.05) is 0 Å². The van der Waals surface area contributed by atoms with Gasteiger partial charge in [0.05, 0.1) is 6.61 Å². The molecule has 0 saturated carbocycles. The summed E-state index contributed by atoms with van der Waals surface area (Å²) >= 11 is 0. The van der Waals surface area contributed by atoms with Crippen LogP contribution < -0.4 is 5.11 Å². The van der Waals surface area contributed by atoms with Crippen molar-refractivity contribution in [2.45, 2.75) is 0 Å². The Kier molecular flexibility index (Phi) is 5.31. The van der Waals surface area contributed by atoms with Crippen LogP contribution in [0.15, 0.2) is 0 Å². The van der Waals surface area contributed by atoms with Gasteiger partial charge in [0.2, 0.25) is 0 Å². The first-order valence-corrected chi connectivity index (χ1v) is 4.89. The van der Waals surface area contributed by atoms with Gasteiger partial charge in [0.15, 0.2) is 0 Å². The SMILES string of the molecule is CN1CCN(CCOCC[O-])CC1. The first kappa shape index (κ1) is 10.9. The largest absolute Gasteiger partial charge is 0.853 e. The number of piperazine rings is 1. The van der Waals surface area contributed by atoms with Crippen LogP contribution >= 0.6 is 0 Å². The van der Waals surface area contributed by atoms with E-state index >= 15 is 0 Å². The third kappa shape index (κ3) is 4.57. The Morgan fingerprint density at radius 2 is 1.85 bits per heavy atom. The van der Waals surface area contributed by atoms with E-state index in [1.165, 1.54) is 0 Å². The maximum atomic E-state index is 10.1. The summed E-state index contributed by atoms with van der Waals surface area (Å²) in [5, 5.41) is 10.1. The lowest BCUT2D eigenvalue weighted by atomic mass is 10.3. The molecule has 1 aliphatic heterocycles. The molecule has 0 amide bonds. The molecule has 13 heavy (non-hydrogen) atoms. The fourth-order valence-corrected chi connectivity index (χ4v) is 1.43. The lowest BCUT2D eigenvalue weighted by Crippen LogP contribution is -2.45. The van der Waals surface area contributed by atoms with E-state index in [2.05, 4.69) is 16.8 Å². The molecule has 0 unspecified atom stereocenters. The molecule has 1 saturated heterocycles. The maximum absolute atomic E-state index is 10.1. The molecular weight excluding hydrogens is 168 g/mol. The predicted molar refractivity (Wildman–Crippen MR) is 49.6 cm³/mol. The summed E-state index contributed by atoms with van der Waals surface area (Å²) in [7, 11) is 2.14. The Morgan fingerprint density at radius 1 is 1.15 bits per heavy atom. The lowest BCUT2D eigenvalue weighted by molar-refractivity contribution is -0.374. The van der Waals surface area contributed by atoms with Crippen molar-refractivity contribution >= 4 is 0 Å². The minimum absolute atomic E-state index is 0.122. The number of rotatable bonds is 5. The van der Waals surface area contributed by atoms with Crippen molar-refractivity contribution in [3.63, 3.8) is 0 Å². The number of nitrogens with zero attached hydrogens (tertiary/aromatic N) is 2. The quantitative estimate of drug-likeness (QED) is 0.497. The zero-order chi connectivity index (χ0) is 9.52. The van der Waals surface area contributed by atoms with Crippen molar-refractivity contribution in [3.8, 4) is 0 Å². The molecule has 0 aromatic carbocycles. The molecule has 1 rings (SSSR count). The zero-order valence-corrected chi connectivity index (χ0v) is 8.37. The minimum atomic E-state index is -0.122. The van der Waals surface area contributed by atoms with E-state index in [9.17, 15) is 5.11 Å². The molecule has 0 bridgehead atoms. The molecule has 4 heteroatoms. The molecule has 0 atom stereocenters. The van der Waals surface area contributed by atoms with E-state index in [0.29, 0.717) is 13.2 Å². The highest BCUT2D eigenvalue weighted by Gasteiger charge is 2.12. The van der Waals surface area contributed by atoms with Crippen molar-refractivity contribution < 1.29 is 9.84 Å². The molecule has 1 aliphatic rings. The van der Waals surface area contributed by atoms with E-state index in [4.69, 9.17) is 4.74 Å². The highest BCUT2D eigenvalue weighted by Crippen LogP contribution is 1.97. The molecular formula is C9H19N2O2-. The average molecular weight is 187 g/mol. The fourth-order valence-electron chi connectivity index (χ4n) is 1.43. The molecule has 0 N–H and O–H groups in total. The highest BCUT2D eigenvalue weighted by atomic mass is 16.5. The van der Waals surface area contributed by atoms with Gasteiger partial charge in [-0.05, 0) is 7.05 Å². The Balaban J connectivity index is 1.96. The summed E-state index contributed by atoms with van der Waals surface area (Å²) < 4.78 is 5.14. The van der Waals surface area contributed by atoms with E-state index in [1.54, 1.807) is 0 Å². The van der Waals surface area contributed by atoms with Crippen LogP contribution in [0.3, 0.4) is 0 Å². The van der Waals surface area contributed by atoms with Crippen LogP contribution in [0, 0.1) is 0 Å². The number of hydrogen-bond donors (Lipinski definition) is 0. The fraction of sp³-hybridized carbons (Fsp3) is 1.00. The molecule has 1 fully saturated rings. The van der Waals surface area contributed by atoms with Gasteiger partial charge in [0.25, 0.3) is 0 Å². The van der Waals surface area contributed by atoms with Crippen LogP contribution in [0.4, 0.5) is 0 Å². The van der Waals surface area contributed by atoms with Crippen molar-refractivity contribution in [2.24, 2.45) is 0 Å². The number of likely N-dealkylation sites (N-methyl/N-ethyl adjacent to an activating group) is 1. The van der Waals surface area contributed by atoms with Gasteiger partial charge in [-0.3, -0.25) is 4.90 Å². The smallest absolute Gasteiger partial charge is 0.0592 e. The molecule has 78 valence electrons. The van der Waals surface area contributed by atoms with Crippen LogP contribution in [0.1, 0.15) is 0 Å². The summed E-state index contributed by atoms with van der Waals surface area (Å²) in [6.45, 7) is 6.42. The Morgan fingerprint density at radius 3 is 2.46 bits per heavy atom. The van der Waals surface area contributed by atoms with Gasteiger partial charge in [-0.1, -0.05) is 0 Å². The normalized spacial score (nSPS) is 20.8. The summed E-state index contributed by atoms with van der Waals surface area (Å²) in [4.78, 5) is 4.71. The van der Waals surface area contributed by atoms with Crippen molar-refractivity contribution in [1.82, 2.24) is 9.80 Å². The Bertz CT molecular complexity index is 125. The zero-order valence-electron chi connectivity index (χ0n) is 8.37. The third-order valence-electron chi connectivity index (χ3n) is 2.38. The first-order valence-electron chi connectivity index (χ1n) is 4.89. The highest BCUT2D eigenvalue weighted by molar-refractivity contribution is 4.68. The monoisotopic (exact) mass is 187 g/mol. The van der Waals surface area contributed by atoms with E-state index in [-0.39, 0.29) is 6.61 Å². The Labute approximate surface area is 80.1 Å². The standard InChI is InChI=1S/C9H19N2O2/c1-10-2-4-11(5-3-10)6-8-13-9-7-12/h2-9H2,1H3/q-1. The summed E-state index contributed by atoms with van der Waals surface area (Å²) in [5.74, 6) is 0. The lowest BCUT2D eigenvalue weighted by Gasteiger charge is -2.32. The summed E-state index contributed by atoms with van der Waals surface area (Å²) in [5.41, 5.74) is 0. The second-order valence-corrected chi connectivity index (χ2v) is 3.46. The van der Waals surface area contributed by atoms with Gasteiger partial charge in [0, 0.05) is 39.3 Å². The number of hydrogen-bond acceptors (Lipinski definition) is 4. The molecule has 0 radical (unpaired) electrons. The topological polar surface area (TPSA) is 38.8 Å². The van der Waals surface area contributed by atoms with Gasteiger partial charge in [-0.15, -0.1) is 6.61 Å². The maximum Gasteiger partial charge on any atom is 0.0592 e. The van der Waals surface area contributed by atoms with E-state index in [0.717, 1.165) is 32.7 Å². The van der Waals surface area contributed by atoms with Crippen LogP contribution in [-0.4, -0.2) is 69.4 Å². The van der Waals surface area contributed by atoms with Crippen molar-refractivity contribution in [2.75, 3.05) is 59.6 Å². The predicted octanol–water partition coefficient (Wildman–Crippen LogP) is -1.39. The average Bonchev–Trinajstić information content (AvgIpc) is 2.15. The van der Waals surface area contributed by atoms with E-state index < -0.39 is 0 Å². The molecule has 4 nitrogen and oxygen atoms in total.